The highest BCUT2D eigenvalue weighted by molar-refractivity contribution is 7.77. The van der Waals surface area contributed by atoms with Crippen LogP contribution < -0.4 is 4.72 Å². The van der Waals surface area contributed by atoms with Crippen LogP contribution in [0.1, 0.15) is 5.56 Å². The molecule has 0 aliphatic heterocycles. The third kappa shape index (κ3) is 3.84. The Morgan fingerprint density at radius 3 is 2.56 bits per heavy atom. The molecule has 0 radical (unpaired) electrons. The van der Waals surface area contributed by atoms with Crippen LogP contribution in [0.4, 0.5) is 0 Å². The summed E-state index contributed by atoms with van der Waals surface area (Å²) in [6.45, 7) is 0. The first kappa shape index (κ1) is 12.4. The first-order chi connectivity index (χ1) is 7.63. The van der Waals surface area contributed by atoms with Crippen LogP contribution >= 0.6 is 0 Å². The number of nitrogens with one attached hydrogen (secondary N) is 1. The van der Waals surface area contributed by atoms with Crippen molar-refractivity contribution in [3.05, 3.63) is 41.6 Å². The zero-order valence-corrected chi connectivity index (χ0v) is 9.36. The average Bonchev–Trinajstić information content (AvgIpc) is 2.28. The number of ether oxygens (including phenoxy) is 1. The lowest BCUT2D eigenvalue weighted by Crippen LogP contribution is -2.22. The van der Waals surface area contributed by atoms with E-state index in [4.69, 9.17) is 4.55 Å². The van der Waals surface area contributed by atoms with Crippen molar-refractivity contribution in [1.82, 2.24) is 4.72 Å². The van der Waals surface area contributed by atoms with Gasteiger partial charge >= 0.3 is 5.97 Å². The van der Waals surface area contributed by atoms with Gasteiger partial charge in [-0.15, -0.1) is 0 Å². The van der Waals surface area contributed by atoms with Gasteiger partial charge in [0.25, 0.3) is 11.3 Å². The minimum atomic E-state index is -2.31. The minimum absolute atomic E-state index is 0.0745. The van der Waals surface area contributed by atoms with Crippen molar-refractivity contribution in [3.63, 3.8) is 0 Å². The molecule has 16 heavy (non-hydrogen) atoms. The van der Waals surface area contributed by atoms with Crippen LogP contribution in [0.15, 0.2) is 36.0 Å². The summed E-state index contributed by atoms with van der Waals surface area (Å²) in [7, 11) is 1.20. The monoisotopic (exact) mass is 241 g/mol. The quantitative estimate of drug-likeness (QED) is 0.467. The molecule has 0 aromatic heterocycles. The summed E-state index contributed by atoms with van der Waals surface area (Å²) in [6.07, 6.45) is 1.43. The molecule has 0 heterocycles. The van der Waals surface area contributed by atoms with E-state index < -0.39 is 17.2 Å². The Morgan fingerprint density at radius 1 is 1.44 bits per heavy atom. The second-order valence-electron chi connectivity index (χ2n) is 2.81. The molecule has 0 bridgehead atoms. The van der Waals surface area contributed by atoms with Crippen molar-refractivity contribution in [2.24, 2.45) is 0 Å². The van der Waals surface area contributed by atoms with E-state index in [9.17, 15) is 9.00 Å². The van der Waals surface area contributed by atoms with Crippen molar-refractivity contribution >= 4 is 23.3 Å². The predicted octanol–water partition coefficient (Wildman–Crippen LogP) is 0.927. The number of hydrogen-bond donors (Lipinski definition) is 2. The molecule has 0 aliphatic carbocycles. The Bertz CT molecular complexity index is 416. The highest BCUT2D eigenvalue weighted by atomic mass is 32.2. The van der Waals surface area contributed by atoms with Crippen molar-refractivity contribution in [2.75, 3.05) is 7.11 Å². The van der Waals surface area contributed by atoms with Gasteiger partial charge in [-0.3, -0.25) is 9.27 Å². The molecule has 86 valence electrons. The molecular weight excluding hydrogens is 230 g/mol. The number of rotatable bonds is 4. The number of methoxy groups -OCH3 is 1. The molecule has 1 rings (SSSR count). The van der Waals surface area contributed by atoms with Gasteiger partial charge < -0.3 is 4.74 Å². The van der Waals surface area contributed by atoms with Gasteiger partial charge in [-0.2, -0.15) is 0 Å². The summed E-state index contributed by atoms with van der Waals surface area (Å²) in [5.41, 5.74) is 0.649. The Morgan fingerprint density at radius 2 is 2.06 bits per heavy atom. The SMILES string of the molecule is COC(=O)C(=Cc1ccccc1)NS(=O)O. The van der Waals surface area contributed by atoms with Crippen molar-refractivity contribution in [3.8, 4) is 0 Å². The summed E-state index contributed by atoms with van der Waals surface area (Å²) < 4.78 is 25.8. The van der Waals surface area contributed by atoms with Gasteiger partial charge in [0.15, 0.2) is 0 Å². The third-order valence-corrected chi connectivity index (χ3v) is 2.11. The molecule has 0 amide bonds. The number of carbonyl (C=O) groups is 1. The van der Waals surface area contributed by atoms with E-state index >= 15 is 0 Å². The predicted molar refractivity (Wildman–Crippen MR) is 60.3 cm³/mol. The molecule has 1 aromatic rings. The number of carbonyl (C=O) groups excluding carboxylic acids is 1. The van der Waals surface area contributed by atoms with E-state index in [-0.39, 0.29) is 5.70 Å². The molecular formula is C10H11NO4S. The lowest BCUT2D eigenvalue weighted by atomic mass is 10.2. The van der Waals surface area contributed by atoms with E-state index in [2.05, 4.69) is 9.46 Å². The maximum Gasteiger partial charge on any atom is 0.355 e. The smallest absolute Gasteiger partial charge is 0.355 e. The lowest BCUT2D eigenvalue weighted by Gasteiger charge is -2.04. The fourth-order valence-corrected chi connectivity index (χ4v) is 1.38. The van der Waals surface area contributed by atoms with Crippen LogP contribution in [0.25, 0.3) is 6.08 Å². The van der Waals surface area contributed by atoms with Crippen LogP contribution in [0.3, 0.4) is 0 Å². The molecule has 1 unspecified atom stereocenters. The Kier molecular flexibility index (Phi) is 4.68. The fourth-order valence-electron chi connectivity index (χ4n) is 1.05. The van der Waals surface area contributed by atoms with E-state index in [1.54, 1.807) is 24.3 Å². The second kappa shape index (κ2) is 6.04. The number of hydrogen-bond acceptors (Lipinski definition) is 3. The Balaban J connectivity index is 2.96. The van der Waals surface area contributed by atoms with Crippen LogP contribution in [0.2, 0.25) is 0 Å². The fraction of sp³-hybridized carbons (Fsp3) is 0.100. The van der Waals surface area contributed by atoms with Gasteiger partial charge in [0, 0.05) is 0 Å². The van der Waals surface area contributed by atoms with Gasteiger partial charge in [0.1, 0.15) is 5.70 Å². The summed E-state index contributed by atoms with van der Waals surface area (Å²) in [6, 6.07) is 8.91. The molecule has 5 nitrogen and oxygen atoms in total. The summed E-state index contributed by atoms with van der Waals surface area (Å²) in [4.78, 5) is 11.3. The van der Waals surface area contributed by atoms with Crippen molar-refractivity contribution < 1.29 is 18.3 Å². The zero-order valence-electron chi connectivity index (χ0n) is 8.54. The van der Waals surface area contributed by atoms with Crippen LogP contribution in [-0.4, -0.2) is 21.8 Å². The first-order valence-electron chi connectivity index (χ1n) is 4.36. The second-order valence-corrected chi connectivity index (χ2v) is 3.51. The standard InChI is InChI=1S/C10H11NO4S/c1-15-10(12)9(11-16(13)14)7-8-5-3-2-4-6-8/h2-7,11H,1H3,(H,13,14). The molecule has 1 aromatic carbocycles. The normalized spacial score (nSPS) is 13.0. The highest BCUT2D eigenvalue weighted by Crippen LogP contribution is 2.06. The van der Waals surface area contributed by atoms with Crippen molar-refractivity contribution in [2.45, 2.75) is 0 Å². The maximum absolute atomic E-state index is 11.3. The van der Waals surface area contributed by atoms with E-state index in [1.165, 1.54) is 13.2 Å². The summed E-state index contributed by atoms with van der Waals surface area (Å²) >= 11 is -2.31. The molecule has 2 N–H and O–H groups in total. The topological polar surface area (TPSA) is 75.6 Å². The van der Waals surface area contributed by atoms with Gasteiger partial charge in [-0.05, 0) is 11.6 Å². The maximum atomic E-state index is 11.3. The van der Waals surface area contributed by atoms with E-state index in [0.717, 1.165) is 5.56 Å². The number of esters is 1. The van der Waals surface area contributed by atoms with Crippen molar-refractivity contribution in [1.29, 1.82) is 0 Å². The number of benzene rings is 1. The van der Waals surface area contributed by atoms with E-state index in [1.807, 2.05) is 6.07 Å². The molecule has 0 fully saturated rings. The molecule has 1 atom stereocenters. The Labute approximate surface area is 95.5 Å². The molecule has 0 aliphatic rings. The molecule has 0 saturated carbocycles. The zero-order chi connectivity index (χ0) is 12.0. The Hall–Kier alpha value is -1.66. The highest BCUT2D eigenvalue weighted by Gasteiger charge is 2.11. The summed E-state index contributed by atoms with van der Waals surface area (Å²) in [5, 5.41) is 0. The summed E-state index contributed by atoms with van der Waals surface area (Å²) in [5.74, 6) is -0.703. The molecule has 6 heteroatoms. The molecule has 0 spiro atoms. The lowest BCUT2D eigenvalue weighted by molar-refractivity contribution is -0.136. The largest absolute Gasteiger partial charge is 0.464 e. The van der Waals surface area contributed by atoms with Gasteiger partial charge in [-0.25, -0.2) is 9.00 Å². The van der Waals surface area contributed by atoms with E-state index in [0.29, 0.717) is 0 Å². The molecule has 0 saturated heterocycles. The van der Waals surface area contributed by atoms with Gasteiger partial charge in [-0.1, -0.05) is 30.3 Å². The third-order valence-electron chi connectivity index (χ3n) is 1.71. The average molecular weight is 241 g/mol. The van der Waals surface area contributed by atoms with Crippen LogP contribution in [0.5, 0.6) is 0 Å². The van der Waals surface area contributed by atoms with Gasteiger partial charge in [0.05, 0.1) is 7.11 Å². The van der Waals surface area contributed by atoms with Crippen LogP contribution in [0, 0.1) is 0 Å². The van der Waals surface area contributed by atoms with Crippen LogP contribution in [-0.2, 0) is 20.8 Å². The minimum Gasteiger partial charge on any atom is -0.464 e. The first-order valence-corrected chi connectivity index (χ1v) is 5.46. The van der Waals surface area contributed by atoms with Gasteiger partial charge in [0.2, 0.25) is 0 Å².